The van der Waals surface area contributed by atoms with E-state index in [2.05, 4.69) is 10.5 Å². The molecule has 0 radical (unpaired) electrons. The molecule has 5 heteroatoms. The van der Waals surface area contributed by atoms with E-state index in [0.717, 1.165) is 0 Å². The molecule has 0 heterocycles. The average Bonchev–Trinajstić information content (AvgIpc) is 2.47. The number of nitrogens with one attached hydrogen (secondary N) is 1. The van der Waals surface area contributed by atoms with Gasteiger partial charge in [-0.2, -0.15) is 5.10 Å². The molecule has 1 N–H and O–H groups in total. The molecule has 1 amide bonds. The van der Waals surface area contributed by atoms with Crippen LogP contribution in [-0.4, -0.2) is 11.6 Å². The molecule has 108 valence electrons. The smallest absolute Gasteiger partial charge is 0.244 e. The van der Waals surface area contributed by atoms with E-state index in [1.807, 2.05) is 0 Å². The highest BCUT2D eigenvalue weighted by molar-refractivity contribution is 5.99. The van der Waals surface area contributed by atoms with Gasteiger partial charge in [0.25, 0.3) is 0 Å². The monoisotopic (exact) mass is 288 g/mol. The molecule has 21 heavy (non-hydrogen) atoms. The van der Waals surface area contributed by atoms with Crippen LogP contribution < -0.4 is 5.43 Å². The first-order valence-electron chi connectivity index (χ1n) is 6.38. The van der Waals surface area contributed by atoms with Crippen LogP contribution in [0.5, 0.6) is 0 Å². The molecule has 0 atom stereocenters. The Morgan fingerprint density at radius 1 is 1.10 bits per heavy atom. The molecular formula is C16H14F2N2O. The molecule has 2 aromatic carbocycles. The lowest BCUT2D eigenvalue weighted by Crippen LogP contribution is -2.21. The summed E-state index contributed by atoms with van der Waals surface area (Å²) in [5.74, 6) is -1.03. The van der Waals surface area contributed by atoms with Gasteiger partial charge in [-0.1, -0.05) is 24.3 Å². The van der Waals surface area contributed by atoms with Crippen molar-refractivity contribution >= 4 is 11.6 Å². The van der Waals surface area contributed by atoms with E-state index in [9.17, 15) is 13.6 Å². The molecule has 0 saturated carbocycles. The number of hydrogen-bond acceptors (Lipinski definition) is 2. The Kier molecular flexibility index (Phi) is 4.77. The number of carbonyl (C=O) groups excluding carboxylic acids is 1. The summed E-state index contributed by atoms with van der Waals surface area (Å²) in [7, 11) is 0. The van der Waals surface area contributed by atoms with Crippen LogP contribution in [0, 0.1) is 11.6 Å². The molecule has 0 aliphatic rings. The van der Waals surface area contributed by atoms with E-state index in [4.69, 9.17) is 0 Å². The largest absolute Gasteiger partial charge is 0.273 e. The number of hydrogen-bond donors (Lipinski definition) is 1. The van der Waals surface area contributed by atoms with Crippen molar-refractivity contribution in [2.45, 2.75) is 13.3 Å². The summed E-state index contributed by atoms with van der Waals surface area (Å²) in [5.41, 5.74) is 4.18. The van der Waals surface area contributed by atoms with Crippen LogP contribution in [0.2, 0.25) is 0 Å². The second-order valence-corrected chi connectivity index (χ2v) is 4.55. The number of nitrogens with zero attached hydrogens (tertiary/aromatic N) is 1. The highest BCUT2D eigenvalue weighted by Crippen LogP contribution is 2.05. The summed E-state index contributed by atoms with van der Waals surface area (Å²) in [6.45, 7) is 1.67. The second-order valence-electron chi connectivity index (χ2n) is 4.55. The maximum Gasteiger partial charge on any atom is 0.244 e. The Labute approximate surface area is 121 Å². The van der Waals surface area contributed by atoms with Gasteiger partial charge in [-0.25, -0.2) is 14.2 Å². The normalized spacial score (nSPS) is 11.3. The molecule has 2 aromatic rings. The van der Waals surface area contributed by atoms with Gasteiger partial charge in [-0.15, -0.1) is 0 Å². The van der Waals surface area contributed by atoms with Gasteiger partial charge in [0.1, 0.15) is 11.6 Å². The first-order valence-corrected chi connectivity index (χ1v) is 6.38. The number of benzene rings is 2. The molecule has 0 aromatic heterocycles. The van der Waals surface area contributed by atoms with Crippen LogP contribution in [0.25, 0.3) is 0 Å². The van der Waals surface area contributed by atoms with Crippen LogP contribution >= 0.6 is 0 Å². The topological polar surface area (TPSA) is 41.5 Å². The lowest BCUT2D eigenvalue weighted by atomic mass is 10.1. The van der Waals surface area contributed by atoms with E-state index in [1.165, 1.54) is 36.4 Å². The fourth-order valence-electron chi connectivity index (χ4n) is 1.75. The number of hydrazone groups is 1. The average molecular weight is 288 g/mol. The predicted octanol–water partition coefficient (Wildman–Crippen LogP) is 3.05. The Balaban J connectivity index is 1.96. The van der Waals surface area contributed by atoms with Gasteiger partial charge in [0.05, 0.1) is 12.1 Å². The van der Waals surface area contributed by atoms with Gasteiger partial charge in [-0.05, 0) is 36.8 Å². The summed E-state index contributed by atoms with van der Waals surface area (Å²) in [6, 6.07) is 11.6. The van der Waals surface area contributed by atoms with Crippen LogP contribution in [-0.2, 0) is 11.2 Å². The van der Waals surface area contributed by atoms with Crippen molar-refractivity contribution in [2.75, 3.05) is 0 Å². The van der Waals surface area contributed by atoms with Gasteiger partial charge in [0.15, 0.2) is 0 Å². The molecular weight excluding hydrogens is 274 g/mol. The zero-order valence-corrected chi connectivity index (χ0v) is 11.4. The van der Waals surface area contributed by atoms with Gasteiger partial charge < -0.3 is 0 Å². The van der Waals surface area contributed by atoms with Gasteiger partial charge in [0.2, 0.25) is 5.91 Å². The maximum atomic E-state index is 13.1. The van der Waals surface area contributed by atoms with E-state index >= 15 is 0 Å². The Bertz CT molecular complexity index is 666. The van der Waals surface area contributed by atoms with Crippen molar-refractivity contribution in [3.63, 3.8) is 0 Å². The number of carbonyl (C=O) groups is 1. The first kappa shape index (κ1) is 14.8. The summed E-state index contributed by atoms with van der Waals surface area (Å²) >= 11 is 0. The lowest BCUT2D eigenvalue weighted by molar-refractivity contribution is -0.120. The van der Waals surface area contributed by atoms with Crippen molar-refractivity contribution in [3.05, 3.63) is 71.3 Å². The fourth-order valence-corrected chi connectivity index (χ4v) is 1.75. The zero-order chi connectivity index (χ0) is 15.2. The highest BCUT2D eigenvalue weighted by atomic mass is 19.1. The number of amides is 1. The van der Waals surface area contributed by atoms with Crippen LogP contribution in [0.3, 0.4) is 0 Å². The minimum absolute atomic E-state index is 0.0974. The maximum absolute atomic E-state index is 13.1. The third kappa shape index (κ3) is 4.49. The molecule has 0 saturated heterocycles. The molecule has 0 fully saturated rings. The van der Waals surface area contributed by atoms with Gasteiger partial charge in [0, 0.05) is 5.56 Å². The molecule has 0 aliphatic heterocycles. The summed E-state index contributed by atoms with van der Waals surface area (Å²) in [5, 5.41) is 3.93. The first-order chi connectivity index (χ1) is 10.0. The molecule has 0 aliphatic carbocycles. The molecule has 0 unspecified atom stereocenters. The molecule has 0 bridgehead atoms. The minimum atomic E-state index is -0.361. The summed E-state index contributed by atoms with van der Waals surface area (Å²) in [4.78, 5) is 11.7. The van der Waals surface area contributed by atoms with Crippen LogP contribution in [0.15, 0.2) is 53.6 Å². The SMILES string of the molecule is C/C(=N\NC(=O)Cc1ccc(F)cc1)c1cccc(F)c1. The van der Waals surface area contributed by atoms with Gasteiger partial charge >= 0.3 is 0 Å². The Morgan fingerprint density at radius 3 is 2.48 bits per heavy atom. The van der Waals surface area contributed by atoms with Gasteiger partial charge in [-0.3, -0.25) is 4.79 Å². The third-order valence-electron chi connectivity index (χ3n) is 2.87. The van der Waals surface area contributed by atoms with E-state index in [-0.39, 0.29) is 24.0 Å². The summed E-state index contributed by atoms with van der Waals surface area (Å²) < 4.78 is 25.8. The Hall–Kier alpha value is -2.56. The molecule has 3 nitrogen and oxygen atoms in total. The predicted molar refractivity (Wildman–Crippen MR) is 76.9 cm³/mol. The third-order valence-corrected chi connectivity index (χ3v) is 2.87. The van der Waals surface area contributed by atoms with Crippen LogP contribution in [0.1, 0.15) is 18.1 Å². The van der Waals surface area contributed by atoms with Crippen molar-refractivity contribution in [1.29, 1.82) is 0 Å². The molecule has 2 rings (SSSR count). The summed E-state index contributed by atoms with van der Waals surface area (Å²) in [6.07, 6.45) is 0.0974. The van der Waals surface area contributed by atoms with E-state index in [1.54, 1.807) is 19.1 Å². The van der Waals surface area contributed by atoms with Crippen molar-refractivity contribution in [1.82, 2.24) is 5.43 Å². The van der Waals surface area contributed by atoms with Crippen molar-refractivity contribution < 1.29 is 13.6 Å². The number of halogens is 2. The highest BCUT2D eigenvalue weighted by Gasteiger charge is 2.04. The lowest BCUT2D eigenvalue weighted by Gasteiger charge is -2.03. The van der Waals surface area contributed by atoms with Crippen molar-refractivity contribution in [3.8, 4) is 0 Å². The van der Waals surface area contributed by atoms with Crippen LogP contribution in [0.4, 0.5) is 8.78 Å². The minimum Gasteiger partial charge on any atom is -0.273 e. The standard InChI is InChI=1S/C16H14F2N2O/c1-11(13-3-2-4-15(18)10-13)19-20-16(21)9-12-5-7-14(17)8-6-12/h2-8,10H,9H2,1H3,(H,20,21)/b19-11+. The number of rotatable bonds is 4. The zero-order valence-electron chi connectivity index (χ0n) is 11.4. The van der Waals surface area contributed by atoms with E-state index < -0.39 is 0 Å². The van der Waals surface area contributed by atoms with Crippen molar-refractivity contribution in [2.24, 2.45) is 5.10 Å². The molecule has 0 spiro atoms. The quantitative estimate of drug-likeness (QED) is 0.682. The Morgan fingerprint density at radius 2 is 1.81 bits per heavy atom. The van der Waals surface area contributed by atoms with E-state index in [0.29, 0.717) is 16.8 Å². The second kappa shape index (κ2) is 6.74. The fraction of sp³-hybridized carbons (Fsp3) is 0.125.